The summed E-state index contributed by atoms with van der Waals surface area (Å²) in [4.78, 5) is 33.9. The van der Waals surface area contributed by atoms with E-state index in [1.54, 1.807) is 23.1 Å². The molecule has 1 saturated heterocycles. The molecule has 0 saturated carbocycles. The van der Waals surface area contributed by atoms with Crippen LogP contribution in [0.2, 0.25) is 0 Å². The number of aromatic nitrogens is 3. The number of methoxy groups -OCH3 is 1. The fourth-order valence-electron chi connectivity index (χ4n) is 3.70. The molecule has 3 aromatic rings. The molecule has 1 aromatic carbocycles. The first-order valence-corrected chi connectivity index (χ1v) is 14.1. The molecule has 2 N–H and O–H groups in total. The predicted molar refractivity (Wildman–Crippen MR) is 131 cm³/mol. The molecule has 13 heteroatoms. The van der Waals surface area contributed by atoms with Crippen molar-refractivity contribution in [2.45, 2.75) is 19.3 Å². The number of alkyl halides is 2. The van der Waals surface area contributed by atoms with Gasteiger partial charge in [-0.1, -0.05) is 0 Å². The number of fused-ring (bicyclic) bond motifs is 1. The lowest BCUT2D eigenvalue weighted by atomic mass is 10.1. The number of ether oxygens (including phenoxy) is 1. The lowest BCUT2D eigenvalue weighted by molar-refractivity contribution is -0.105. The number of rotatable bonds is 8. The van der Waals surface area contributed by atoms with Gasteiger partial charge in [0.2, 0.25) is 6.41 Å². The maximum absolute atomic E-state index is 13.6. The highest BCUT2D eigenvalue weighted by Crippen LogP contribution is 2.39. The molecule has 0 bridgehead atoms. The molecule has 0 spiro atoms. The fourth-order valence-corrected chi connectivity index (χ4v) is 5.60. The number of hydrogen-bond acceptors (Lipinski definition) is 6. The lowest BCUT2D eigenvalue weighted by Gasteiger charge is -2.17. The third kappa shape index (κ3) is 4.72. The zero-order valence-electron chi connectivity index (χ0n) is 17.4. The van der Waals surface area contributed by atoms with Crippen molar-refractivity contribution in [1.82, 2.24) is 19.2 Å². The maximum Gasteiger partial charge on any atom is 0.295 e. The van der Waals surface area contributed by atoms with Crippen LogP contribution in [0.25, 0.3) is 11.2 Å². The Bertz CT molecular complexity index is 1200. The molecule has 1 atom stereocenters. The van der Waals surface area contributed by atoms with Gasteiger partial charge in [0.15, 0.2) is 11.5 Å². The number of likely N-dealkylation sites (tertiary alicyclic amines) is 1. The van der Waals surface area contributed by atoms with Crippen molar-refractivity contribution in [3.63, 3.8) is 0 Å². The minimum atomic E-state index is -2.79. The normalized spacial score (nSPS) is 13.9. The molecule has 1 aliphatic heterocycles. The Balaban J connectivity index is 1.76. The molecule has 3 heterocycles. The smallest absolute Gasteiger partial charge is 0.295 e. The molecule has 2 amide bonds. The second-order valence-corrected chi connectivity index (χ2v) is 9.28. The summed E-state index contributed by atoms with van der Waals surface area (Å²) in [7, 11) is 1.48. The zero-order chi connectivity index (χ0) is 23.5. The number of benzene rings is 1. The van der Waals surface area contributed by atoms with Gasteiger partial charge in [0.1, 0.15) is 17.1 Å². The van der Waals surface area contributed by atoms with Crippen LogP contribution in [0.15, 0.2) is 24.3 Å². The summed E-state index contributed by atoms with van der Waals surface area (Å²) in [6.07, 6.45) is -0.426. The molecule has 1 aliphatic rings. The van der Waals surface area contributed by atoms with E-state index >= 15 is 0 Å². The Hall–Kier alpha value is -2.60. The van der Waals surface area contributed by atoms with Crippen LogP contribution in [0.1, 0.15) is 35.4 Å². The first kappa shape index (κ1) is 23.6. The van der Waals surface area contributed by atoms with E-state index in [0.29, 0.717) is 29.1 Å². The first-order chi connectivity index (χ1) is 16.0. The van der Waals surface area contributed by atoms with Gasteiger partial charge in [-0.15, -0.1) is 0 Å². The number of carbonyl (C=O) groups is 2. The molecule has 9 nitrogen and oxygen atoms in total. The molecular formula is C20H20F2IN6O3P. The number of anilines is 3. The number of nitrogens with zero attached hydrogens (tertiary/aromatic N) is 4. The SMILES string of the molecule is COc1cc(C(=O)N2CCCC2)ccc1Nc1cc(NC=O)nc2c1nc(C(F)F)n2PI. The summed E-state index contributed by atoms with van der Waals surface area (Å²) < 4.78 is 33.9. The van der Waals surface area contributed by atoms with Gasteiger partial charge >= 0.3 is 0 Å². The molecule has 33 heavy (non-hydrogen) atoms. The number of imidazole rings is 1. The van der Waals surface area contributed by atoms with Crippen LogP contribution in [-0.2, 0) is 4.79 Å². The van der Waals surface area contributed by atoms with Crippen LogP contribution in [-0.4, -0.2) is 51.7 Å². The lowest BCUT2D eigenvalue weighted by Crippen LogP contribution is -2.27. The van der Waals surface area contributed by atoms with Gasteiger partial charge in [-0.3, -0.25) is 13.9 Å². The van der Waals surface area contributed by atoms with Gasteiger partial charge < -0.3 is 20.3 Å². The highest BCUT2D eigenvalue weighted by Gasteiger charge is 2.24. The van der Waals surface area contributed by atoms with Crippen molar-refractivity contribution in [1.29, 1.82) is 0 Å². The van der Waals surface area contributed by atoms with Crippen molar-refractivity contribution >= 4 is 69.1 Å². The molecule has 2 aromatic heterocycles. The highest BCUT2D eigenvalue weighted by molar-refractivity contribution is 14.2. The van der Waals surface area contributed by atoms with Crippen molar-refractivity contribution in [3.05, 3.63) is 35.7 Å². The van der Waals surface area contributed by atoms with Crippen LogP contribution >= 0.6 is 28.4 Å². The molecule has 1 fully saturated rings. The summed E-state index contributed by atoms with van der Waals surface area (Å²) in [5.74, 6) is 0.107. The van der Waals surface area contributed by atoms with Crippen molar-refractivity contribution in [2.24, 2.45) is 0 Å². The molecular weight excluding hydrogens is 568 g/mol. The number of carbonyl (C=O) groups excluding carboxylic acids is 2. The quantitative estimate of drug-likeness (QED) is 0.225. The largest absolute Gasteiger partial charge is 0.495 e. The van der Waals surface area contributed by atoms with E-state index in [9.17, 15) is 18.4 Å². The second kappa shape index (κ2) is 10.1. The molecule has 0 aliphatic carbocycles. The van der Waals surface area contributed by atoms with Crippen LogP contribution in [0.4, 0.5) is 26.0 Å². The average molecular weight is 588 g/mol. The summed E-state index contributed by atoms with van der Waals surface area (Å²) in [6, 6.07) is 6.51. The second-order valence-electron chi connectivity index (χ2n) is 7.22. The van der Waals surface area contributed by atoms with Gasteiger partial charge in [0.25, 0.3) is 12.3 Å². The summed E-state index contributed by atoms with van der Waals surface area (Å²) >= 11 is 1.97. The number of pyridine rings is 1. The number of amides is 2. The Labute approximate surface area is 202 Å². The average Bonchev–Trinajstić information content (AvgIpc) is 3.47. The minimum Gasteiger partial charge on any atom is -0.495 e. The van der Waals surface area contributed by atoms with E-state index in [0.717, 1.165) is 25.9 Å². The van der Waals surface area contributed by atoms with Crippen molar-refractivity contribution in [3.8, 4) is 5.75 Å². The topological polar surface area (TPSA) is 101 Å². The Kier molecular flexibility index (Phi) is 7.23. The molecule has 1 unspecified atom stereocenters. The van der Waals surface area contributed by atoms with E-state index < -0.39 is 12.2 Å². The fraction of sp³-hybridized carbons (Fsp3) is 0.300. The standard InChI is InChI=1S/C20H20F2IN6O3P/c1-32-14-8-11(20(31)28-6-2-3-7-28)4-5-12(14)25-13-9-15(24-10-30)26-18-16(13)27-19(17(21)22)29(18)33-23/h4-5,8-10,17,33H,2-3,6-7H2,1H3,(H2,24,25,26,30). The van der Waals surface area contributed by atoms with Crippen LogP contribution in [0.3, 0.4) is 0 Å². The van der Waals surface area contributed by atoms with Gasteiger partial charge in [-0.25, -0.2) is 18.7 Å². The van der Waals surface area contributed by atoms with Crippen LogP contribution in [0, 0.1) is 0 Å². The van der Waals surface area contributed by atoms with Gasteiger partial charge in [0.05, 0.1) is 24.9 Å². The number of halogens is 3. The molecule has 4 rings (SSSR count). The van der Waals surface area contributed by atoms with E-state index in [4.69, 9.17) is 4.74 Å². The number of nitrogens with one attached hydrogen (secondary N) is 2. The van der Waals surface area contributed by atoms with Crippen molar-refractivity contribution in [2.75, 3.05) is 30.8 Å². The Morgan fingerprint density at radius 2 is 2.00 bits per heavy atom. The summed E-state index contributed by atoms with van der Waals surface area (Å²) in [5, 5.41) is 5.60. The first-order valence-electron chi connectivity index (χ1n) is 9.99. The van der Waals surface area contributed by atoms with E-state index in [1.807, 2.05) is 22.0 Å². The third-order valence-corrected chi connectivity index (χ3v) is 7.30. The monoisotopic (exact) mass is 588 g/mol. The highest BCUT2D eigenvalue weighted by atomic mass is 127. The third-order valence-electron chi connectivity index (χ3n) is 5.24. The van der Waals surface area contributed by atoms with E-state index in [-0.39, 0.29) is 29.3 Å². The van der Waals surface area contributed by atoms with Gasteiger partial charge in [0, 0.05) is 24.7 Å². The Morgan fingerprint density at radius 1 is 1.24 bits per heavy atom. The minimum absolute atomic E-state index is 0.0653. The predicted octanol–water partition coefficient (Wildman–Crippen LogP) is 4.72. The maximum atomic E-state index is 13.6. The van der Waals surface area contributed by atoms with Crippen LogP contribution in [0.5, 0.6) is 5.75 Å². The Morgan fingerprint density at radius 3 is 2.64 bits per heavy atom. The van der Waals surface area contributed by atoms with E-state index in [1.165, 1.54) is 17.5 Å². The molecule has 174 valence electrons. The van der Waals surface area contributed by atoms with Crippen molar-refractivity contribution < 1.29 is 23.1 Å². The zero-order valence-corrected chi connectivity index (χ0v) is 20.6. The van der Waals surface area contributed by atoms with Crippen LogP contribution < -0.4 is 15.4 Å². The summed E-state index contributed by atoms with van der Waals surface area (Å²) in [6.45, 7) is 1.46. The summed E-state index contributed by atoms with van der Waals surface area (Å²) in [5.41, 5.74) is 1.80. The number of hydrogen-bond donors (Lipinski definition) is 2. The molecule has 0 radical (unpaired) electrons. The van der Waals surface area contributed by atoms with E-state index in [2.05, 4.69) is 20.6 Å². The van der Waals surface area contributed by atoms with Gasteiger partial charge in [-0.2, -0.15) is 0 Å². The van der Waals surface area contributed by atoms with Gasteiger partial charge in [-0.05, 0) is 53.1 Å².